The van der Waals surface area contributed by atoms with E-state index in [4.69, 9.17) is 10.6 Å². The minimum Gasteiger partial charge on any atom is -0.493 e. The lowest BCUT2D eigenvalue weighted by atomic mass is 10.0. The molecule has 0 spiro atoms. The number of carbonyl (C=O) groups is 2. The van der Waals surface area contributed by atoms with Crippen LogP contribution in [0.4, 0.5) is 17.3 Å². The Balaban J connectivity index is 1.30. The summed E-state index contributed by atoms with van der Waals surface area (Å²) < 4.78 is 6.02. The second kappa shape index (κ2) is 10.2. The summed E-state index contributed by atoms with van der Waals surface area (Å²) in [4.78, 5) is 37.6. The minimum absolute atomic E-state index is 0.117. The molecule has 2 amide bonds. The van der Waals surface area contributed by atoms with Gasteiger partial charge in [0.25, 0.3) is 5.91 Å². The number of hydrogen-bond acceptors (Lipinski definition) is 7. The van der Waals surface area contributed by atoms with Crippen molar-refractivity contribution in [2.45, 2.75) is 19.8 Å². The molecule has 1 aliphatic rings. The molecule has 0 saturated heterocycles. The lowest BCUT2D eigenvalue weighted by molar-refractivity contribution is -0.120. The molecular weight excluding hydrogens is 468 g/mol. The van der Waals surface area contributed by atoms with Crippen molar-refractivity contribution >= 4 is 39.9 Å². The number of fused-ring (bicyclic) bond motifs is 3. The first-order chi connectivity index (χ1) is 18.0. The zero-order chi connectivity index (χ0) is 25.9. The van der Waals surface area contributed by atoms with Crippen molar-refractivity contribution in [2.75, 3.05) is 30.0 Å². The van der Waals surface area contributed by atoms with Crippen LogP contribution in [-0.4, -0.2) is 42.0 Å². The molecule has 9 heteroatoms. The third kappa shape index (κ3) is 4.81. The SMILES string of the molecule is CCN1c2ncc(CCOc3ccc4cc(CC(=O)NN)ccc4c3)cc2C(=O)N(C)c2cccnc21. The number of benzene rings is 2. The molecule has 0 unspecified atom stereocenters. The van der Waals surface area contributed by atoms with Crippen molar-refractivity contribution in [3.8, 4) is 5.75 Å². The number of carbonyl (C=O) groups excluding carboxylic acids is 2. The van der Waals surface area contributed by atoms with E-state index in [-0.39, 0.29) is 18.2 Å². The van der Waals surface area contributed by atoms with Gasteiger partial charge in [0.2, 0.25) is 5.91 Å². The highest BCUT2D eigenvalue weighted by Gasteiger charge is 2.30. The molecule has 188 valence electrons. The Labute approximate surface area is 214 Å². The molecule has 0 saturated carbocycles. The summed E-state index contributed by atoms with van der Waals surface area (Å²) in [6, 6.07) is 17.3. The predicted octanol–water partition coefficient (Wildman–Crippen LogP) is 3.53. The van der Waals surface area contributed by atoms with Crippen molar-refractivity contribution in [1.29, 1.82) is 0 Å². The first-order valence-corrected chi connectivity index (χ1v) is 12.1. The summed E-state index contributed by atoms with van der Waals surface area (Å²) in [6.45, 7) is 3.09. The number of pyridine rings is 2. The topological polar surface area (TPSA) is 114 Å². The number of anilines is 3. The average Bonchev–Trinajstić information content (AvgIpc) is 3.01. The monoisotopic (exact) mass is 496 g/mol. The van der Waals surface area contributed by atoms with Gasteiger partial charge in [-0.05, 0) is 59.2 Å². The molecule has 9 nitrogen and oxygen atoms in total. The van der Waals surface area contributed by atoms with Gasteiger partial charge in [0.05, 0.1) is 24.3 Å². The Hall–Kier alpha value is -4.50. The molecule has 4 aromatic rings. The molecule has 1 aliphatic heterocycles. The summed E-state index contributed by atoms with van der Waals surface area (Å²) in [5.74, 6) is 6.91. The quantitative estimate of drug-likeness (QED) is 0.229. The van der Waals surface area contributed by atoms with Crippen LogP contribution in [0.1, 0.15) is 28.4 Å². The highest BCUT2D eigenvalue weighted by atomic mass is 16.5. The fourth-order valence-corrected chi connectivity index (χ4v) is 4.55. The smallest absolute Gasteiger partial charge is 0.261 e. The van der Waals surface area contributed by atoms with Gasteiger partial charge in [0.15, 0.2) is 5.82 Å². The Morgan fingerprint density at radius 2 is 1.84 bits per heavy atom. The van der Waals surface area contributed by atoms with Gasteiger partial charge >= 0.3 is 0 Å². The van der Waals surface area contributed by atoms with Crippen LogP contribution in [0.15, 0.2) is 67.0 Å². The summed E-state index contributed by atoms with van der Waals surface area (Å²) in [6.07, 6.45) is 4.35. The predicted molar refractivity (Wildman–Crippen MR) is 143 cm³/mol. The van der Waals surface area contributed by atoms with E-state index in [9.17, 15) is 9.59 Å². The summed E-state index contributed by atoms with van der Waals surface area (Å²) in [7, 11) is 1.76. The van der Waals surface area contributed by atoms with E-state index >= 15 is 0 Å². The van der Waals surface area contributed by atoms with Crippen LogP contribution in [0.5, 0.6) is 5.75 Å². The van der Waals surface area contributed by atoms with Crippen LogP contribution in [-0.2, 0) is 17.6 Å². The number of nitrogens with two attached hydrogens (primary N) is 1. The molecule has 37 heavy (non-hydrogen) atoms. The normalized spacial score (nSPS) is 12.7. The molecule has 0 fully saturated rings. The fraction of sp³-hybridized carbons (Fsp3) is 0.214. The number of hydrogen-bond donors (Lipinski definition) is 2. The molecule has 0 atom stereocenters. The number of ether oxygens (including phenoxy) is 1. The molecule has 2 aromatic carbocycles. The van der Waals surface area contributed by atoms with E-state index in [2.05, 4.69) is 15.4 Å². The van der Waals surface area contributed by atoms with Gasteiger partial charge in [-0.15, -0.1) is 0 Å². The minimum atomic E-state index is -0.233. The molecule has 3 heterocycles. The maximum Gasteiger partial charge on any atom is 0.261 e. The zero-order valence-corrected chi connectivity index (χ0v) is 20.8. The van der Waals surface area contributed by atoms with Gasteiger partial charge in [-0.3, -0.25) is 15.0 Å². The average molecular weight is 497 g/mol. The standard InChI is InChI=1S/C28H28N6O3/c1-3-34-26-23(28(36)33(2)24-5-4-11-30-27(24)34)14-19(17-31-26)10-12-37-22-9-8-20-13-18(15-25(35)32-29)6-7-21(20)16-22/h4-9,11,13-14,16-17H,3,10,12,15,29H2,1-2H3,(H,32,35). The van der Waals surface area contributed by atoms with Crippen molar-refractivity contribution in [1.82, 2.24) is 15.4 Å². The van der Waals surface area contributed by atoms with Crippen LogP contribution in [0.2, 0.25) is 0 Å². The number of nitrogens with zero attached hydrogens (tertiary/aromatic N) is 4. The van der Waals surface area contributed by atoms with Crippen molar-refractivity contribution < 1.29 is 14.3 Å². The fourth-order valence-electron chi connectivity index (χ4n) is 4.55. The molecule has 5 rings (SSSR count). The largest absolute Gasteiger partial charge is 0.493 e. The van der Waals surface area contributed by atoms with E-state index < -0.39 is 0 Å². The molecule has 2 aromatic heterocycles. The summed E-state index contributed by atoms with van der Waals surface area (Å²) in [5.41, 5.74) is 5.26. The van der Waals surface area contributed by atoms with E-state index in [0.29, 0.717) is 36.8 Å². The maximum absolute atomic E-state index is 13.3. The van der Waals surface area contributed by atoms with Crippen LogP contribution in [0.25, 0.3) is 10.8 Å². The van der Waals surface area contributed by atoms with Crippen LogP contribution in [0, 0.1) is 0 Å². The Morgan fingerprint density at radius 3 is 2.65 bits per heavy atom. The van der Waals surface area contributed by atoms with Gasteiger partial charge < -0.3 is 14.5 Å². The highest BCUT2D eigenvalue weighted by Crippen LogP contribution is 2.37. The summed E-state index contributed by atoms with van der Waals surface area (Å²) in [5, 5.41) is 2.03. The van der Waals surface area contributed by atoms with Crippen LogP contribution < -0.4 is 25.8 Å². The Morgan fingerprint density at radius 1 is 1.03 bits per heavy atom. The first kappa shape index (κ1) is 24.2. The van der Waals surface area contributed by atoms with Crippen molar-refractivity contribution in [3.05, 3.63) is 83.7 Å². The lowest BCUT2D eigenvalue weighted by Gasteiger charge is -2.22. The third-order valence-electron chi connectivity index (χ3n) is 6.47. The molecular formula is C28H28N6O3. The zero-order valence-electron chi connectivity index (χ0n) is 20.8. The van der Waals surface area contributed by atoms with Gasteiger partial charge in [0.1, 0.15) is 11.6 Å². The van der Waals surface area contributed by atoms with Gasteiger partial charge in [-0.1, -0.05) is 24.3 Å². The van der Waals surface area contributed by atoms with Gasteiger partial charge in [-0.2, -0.15) is 0 Å². The molecule has 3 N–H and O–H groups in total. The molecule has 0 radical (unpaired) electrons. The van der Waals surface area contributed by atoms with E-state index in [1.165, 1.54) is 0 Å². The summed E-state index contributed by atoms with van der Waals surface area (Å²) >= 11 is 0. The number of hydrazine groups is 1. The highest BCUT2D eigenvalue weighted by molar-refractivity contribution is 6.12. The van der Waals surface area contributed by atoms with E-state index in [1.807, 2.05) is 66.4 Å². The van der Waals surface area contributed by atoms with Crippen LogP contribution in [0.3, 0.4) is 0 Å². The maximum atomic E-state index is 13.3. The molecule has 0 aliphatic carbocycles. The number of amides is 2. The van der Waals surface area contributed by atoms with Crippen molar-refractivity contribution in [2.24, 2.45) is 5.84 Å². The van der Waals surface area contributed by atoms with E-state index in [0.717, 1.165) is 33.3 Å². The number of aromatic nitrogens is 2. The van der Waals surface area contributed by atoms with Gasteiger partial charge in [0, 0.05) is 32.4 Å². The van der Waals surface area contributed by atoms with Crippen molar-refractivity contribution in [3.63, 3.8) is 0 Å². The Kier molecular flexibility index (Phi) is 6.70. The Bertz CT molecular complexity index is 1490. The lowest BCUT2D eigenvalue weighted by Crippen LogP contribution is -2.31. The van der Waals surface area contributed by atoms with E-state index in [1.54, 1.807) is 24.3 Å². The third-order valence-corrected chi connectivity index (χ3v) is 6.47. The van der Waals surface area contributed by atoms with Gasteiger partial charge in [-0.25, -0.2) is 15.8 Å². The number of nitrogens with one attached hydrogen (secondary N) is 1. The number of rotatable bonds is 7. The molecule has 0 bridgehead atoms. The first-order valence-electron chi connectivity index (χ1n) is 12.1. The second-order valence-corrected chi connectivity index (χ2v) is 8.86. The van der Waals surface area contributed by atoms with Crippen LogP contribution >= 0.6 is 0 Å². The second-order valence-electron chi connectivity index (χ2n) is 8.86.